The normalized spacial score (nSPS) is 13.5. The largest absolute Gasteiger partial charge is 0.321 e. The van der Waals surface area contributed by atoms with Crippen LogP contribution in [0.25, 0.3) is 5.65 Å². The predicted molar refractivity (Wildman–Crippen MR) is 50.3 cm³/mol. The highest BCUT2D eigenvalue weighted by Gasteiger charge is 2.06. The van der Waals surface area contributed by atoms with Crippen molar-refractivity contribution in [3.8, 4) is 0 Å². The number of nitrogens with two attached hydrogens (primary N) is 1. The molecule has 2 N–H and O–H groups in total. The topological polar surface area (TPSA) is 56.2 Å². The third-order valence-corrected chi connectivity index (χ3v) is 1.92. The molecule has 13 heavy (non-hydrogen) atoms. The minimum absolute atomic E-state index is 0.111. The standard InChI is InChI=1S/C9H12N4/c1-6-3-4-13-8(5-6)11-9(12-13)7(2)10/h3-5,7H,10H2,1-2H3. The molecule has 1 unspecified atom stereocenters. The van der Waals surface area contributed by atoms with Crippen molar-refractivity contribution < 1.29 is 0 Å². The Balaban J connectivity index is 2.62. The molecule has 2 rings (SSSR count). The molecule has 1 atom stereocenters. The van der Waals surface area contributed by atoms with Crippen LogP contribution in [0.5, 0.6) is 0 Å². The van der Waals surface area contributed by atoms with Gasteiger partial charge in [-0.05, 0) is 31.5 Å². The number of aryl methyl sites for hydroxylation is 1. The summed E-state index contributed by atoms with van der Waals surface area (Å²) < 4.78 is 1.74. The van der Waals surface area contributed by atoms with E-state index in [4.69, 9.17) is 5.73 Å². The van der Waals surface area contributed by atoms with E-state index in [2.05, 4.69) is 10.1 Å². The van der Waals surface area contributed by atoms with Crippen molar-refractivity contribution in [1.82, 2.24) is 14.6 Å². The van der Waals surface area contributed by atoms with Crippen molar-refractivity contribution in [3.05, 3.63) is 29.7 Å². The molecule has 0 radical (unpaired) electrons. The van der Waals surface area contributed by atoms with Crippen LogP contribution < -0.4 is 5.73 Å². The number of nitrogens with zero attached hydrogens (tertiary/aromatic N) is 3. The number of fused-ring (bicyclic) bond motifs is 1. The van der Waals surface area contributed by atoms with E-state index in [1.807, 2.05) is 32.2 Å². The molecule has 0 aromatic carbocycles. The molecule has 0 aliphatic heterocycles. The summed E-state index contributed by atoms with van der Waals surface area (Å²) in [6.07, 6.45) is 1.89. The van der Waals surface area contributed by atoms with Crippen LogP contribution in [-0.4, -0.2) is 14.6 Å². The van der Waals surface area contributed by atoms with Crippen molar-refractivity contribution in [3.63, 3.8) is 0 Å². The van der Waals surface area contributed by atoms with Crippen molar-refractivity contribution in [2.24, 2.45) is 5.73 Å². The maximum absolute atomic E-state index is 5.68. The molecule has 0 aliphatic rings. The smallest absolute Gasteiger partial charge is 0.168 e. The fraction of sp³-hybridized carbons (Fsp3) is 0.333. The molecular formula is C9H12N4. The Morgan fingerprint density at radius 2 is 2.31 bits per heavy atom. The van der Waals surface area contributed by atoms with Gasteiger partial charge < -0.3 is 5.73 Å². The van der Waals surface area contributed by atoms with Crippen LogP contribution >= 0.6 is 0 Å². The first-order chi connectivity index (χ1) is 6.16. The zero-order chi connectivity index (χ0) is 9.42. The number of hydrogen-bond acceptors (Lipinski definition) is 3. The zero-order valence-corrected chi connectivity index (χ0v) is 7.73. The van der Waals surface area contributed by atoms with Gasteiger partial charge in [0.25, 0.3) is 0 Å². The fourth-order valence-corrected chi connectivity index (χ4v) is 1.19. The molecule has 4 heteroatoms. The highest BCUT2D eigenvalue weighted by Crippen LogP contribution is 2.08. The van der Waals surface area contributed by atoms with Crippen LogP contribution in [-0.2, 0) is 0 Å². The van der Waals surface area contributed by atoms with Gasteiger partial charge in [0.15, 0.2) is 11.5 Å². The third-order valence-electron chi connectivity index (χ3n) is 1.92. The van der Waals surface area contributed by atoms with E-state index < -0.39 is 0 Å². The second kappa shape index (κ2) is 2.81. The number of rotatable bonds is 1. The van der Waals surface area contributed by atoms with Gasteiger partial charge in [-0.1, -0.05) is 0 Å². The Kier molecular flexibility index (Phi) is 1.77. The quantitative estimate of drug-likeness (QED) is 0.706. The summed E-state index contributed by atoms with van der Waals surface area (Å²) in [5, 5.41) is 4.23. The van der Waals surface area contributed by atoms with Gasteiger partial charge in [-0.15, -0.1) is 5.10 Å². The molecule has 4 nitrogen and oxygen atoms in total. The monoisotopic (exact) mass is 176 g/mol. The molecule has 0 saturated heterocycles. The van der Waals surface area contributed by atoms with Crippen LogP contribution in [0.2, 0.25) is 0 Å². The van der Waals surface area contributed by atoms with E-state index in [9.17, 15) is 0 Å². The van der Waals surface area contributed by atoms with Crippen LogP contribution in [0.3, 0.4) is 0 Å². The van der Waals surface area contributed by atoms with E-state index in [1.54, 1.807) is 4.52 Å². The highest BCUT2D eigenvalue weighted by atomic mass is 15.3. The lowest BCUT2D eigenvalue weighted by atomic mass is 10.3. The summed E-state index contributed by atoms with van der Waals surface area (Å²) in [5.74, 6) is 0.686. The van der Waals surface area contributed by atoms with Gasteiger partial charge in [-0.25, -0.2) is 9.50 Å². The first-order valence-electron chi connectivity index (χ1n) is 4.25. The molecule has 68 valence electrons. The molecule has 0 spiro atoms. The van der Waals surface area contributed by atoms with Gasteiger partial charge in [0, 0.05) is 6.20 Å². The van der Waals surface area contributed by atoms with E-state index in [1.165, 1.54) is 5.56 Å². The number of pyridine rings is 1. The maximum Gasteiger partial charge on any atom is 0.168 e. The number of hydrogen-bond donors (Lipinski definition) is 1. The number of aromatic nitrogens is 3. The van der Waals surface area contributed by atoms with Crippen molar-refractivity contribution >= 4 is 5.65 Å². The molecule has 0 fully saturated rings. The van der Waals surface area contributed by atoms with E-state index in [0.717, 1.165) is 5.65 Å². The van der Waals surface area contributed by atoms with Gasteiger partial charge in [0.2, 0.25) is 0 Å². The summed E-state index contributed by atoms with van der Waals surface area (Å²) in [5.41, 5.74) is 7.71. The summed E-state index contributed by atoms with van der Waals surface area (Å²) in [4.78, 5) is 4.30. The first kappa shape index (κ1) is 8.19. The Hall–Kier alpha value is -1.42. The second-order valence-electron chi connectivity index (χ2n) is 3.27. The van der Waals surface area contributed by atoms with E-state index >= 15 is 0 Å². The van der Waals surface area contributed by atoms with Gasteiger partial charge >= 0.3 is 0 Å². The zero-order valence-electron chi connectivity index (χ0n) is 7.73. The second-order valence-corrected chi connectivity index (χ2v) is 3.27. The van der Waals surface area contributed by atoms with Gasteiger partial charge in [0.05, 0.1) is 6.04 Å². The van der Waals surface area contributed by atoms with Crippen LogP contribution in [0.15, 0.2) is 18.3 Å². The predicted octanol–water partition coefficient (Wildman–Crippen LogP) is 1.06. The average molecular weight is 176 g/mol. The van der Waals surface area contributed by atoms with Gasteiger partial charge in [-0.3, -0.25) is 0 Å². The van der Waals surface area contributed by atoms with Gasteiger partial charge in [0.1, 0.15) is 0 Å². The molecule has 2 aromatic heterocycles. The summed E-state index contributed by atoms with van der Waals surface area (Å²) >= 11 is 0. The Labute approximate surface area is 76.4 Å². The van der Waals surface area contributed by atoms with E-state index in [-0.39, 0.29) is 6.04 Å². The lowest BCUT2D eigenvalue weighted by molar-refractivity contribution is 0.733. The molecule has 0 bridgehead atoms. The summed E-state index contributed by atoms with van der Waals surface area (Å²) in [6.45, 7) is 3.90. The molecule has 2 heterocycles. The maximum atomic E-state index is 5.68. The average Bonchev–Trinajstić information content (AvgIpc) is 2.46. The third kappa shape index (κ3) is 1.40. The van der Waals surface area contributed by atoms with Crippen molar-refractivity contribution in [1.29, 1.82) is 0 Å². The van der Waals surface area contributed by atoms with E-state index in [0.29, 0.717) is 5.82 Å². The molecule has 0 amide bonds. The minimum atomic E-state index is -0.111. The lowest BCUT2D eigenvalue weighted by Crippen LogP contribution is -2.06. The highest BCUT2D eigenvalue weighted by molar-refractivity contribution is 5.40. The summed E-state index contributed by atoms with van der Waals surface area (Å²) in [7, 11) is 0. The molecule has 0 saturated carbocycles. The summed E-state index contributed by atoms with van der Waals surface area (Å²) in [6, 6.07) is 3.87. The van der Waals surface area contributed by atoms with Crippen LogP contribution in [0, 0.1) is 6.92 Å². The van der Waals surface area contributed by atoms with Crippen molar-refractivity contribution in [2.45, 2.75) is 19.9 Å². The van der Waals surface area contributed by atoms with Crippen LogP contribution in [0.1, 0.15) is 24.4 Å². The molecule has 0 aliphatic carbocycles. The lowest BCUT2D eigenvalue weighted by Gasteiger charge is -1.93. The Morgan fingerprint density at radius 3 is 3.00 bits per heavy atom. The Bertz CT molecular complexity index is 430. The first-order valence-corrected chi connectivity index (χ1v) is 4.25. The van der Waals surface area contributed by atoms with Crippen molar-refractivity contribution in [2.75, 3.05) is 0 Å². The SMILES string of the molecule is Cc1ccn2nc(C(C)N)nc2c1. The molecular weight excluding hydrogens is 164 g/mol. The minimum Gasteiger partial charge on any atom is -0.321 e. The van der Waals surface area contributed by atoms with Gasteiger partial charge in [-0.2, -0.15) is 0 Å². The fourth-order valence-electron chi connectivity index (χ4n) is 1.19. The molecule has 2 aromatic rings. The Morgan fingerprint density at radius 1 is 1.54 bits per heavy atom. The van der Waals surface area contributed by atoms with Crippen LogP contribution in [0.4, 0.5) is 0 Å².